The highest BCUT2D eigenvalue weighted by Crippen LogP contribution is 2.39. The number of allylic oxidation sites excluding steroid dienone is 1. The first-order valence-electron chi connectivity index (χ1n) is 19.8. The lowest BCUT2D eigenvalue weighted by Crippen LogP contribution is -2.44. The predicted molar refractivity (Wildman–Crippen MR) is 212 cm³/mol. The molecule has 5 atom stereocenters. The number of hydrogen-bond donors (Lipinski definition) is 3. The number of hydrogen-bond acceptors (Lipinski definition) is 10. The van der Waals surface area contributed by atoms with E-state index in [1.165, 1.54) is 6.42 Å². The number of piperidine rings is 1. The van der Waals surface area contributed by atoms with Crippen molar-refractivity contribution in [2.45, 2.75) is 123 Å². The van der Waals surface area contributed by atoms with Gasteiger partial charge in [0, 0.05) is 35.9 Å². The number of aliphatic imine (C=N–C) groups is 1. The van der Waals surface area contributed by atoms with Gasteiger partial charge < -0.3 is 30.2 Å². The topological polar surface area (TPSA) is 158 Å². The SMILES string of the molecule is CC1CCCC(C)N1c1nnc2ccc(OC3CCC(NC(=O)NC(C=C(N)C(C)(C)C)=Nc4cnn(CCOC5CCCCO5)c4)c4ccccc43)cn12. The zero-order valence-electron chi connectivity index (χ0n) is 32.8. The quantitative estimate of drug-likeness (QED) is 0.113. The number of carbonyl (C=O) groups is 1. The van der Waals surface area contributed by atoms with Crippen LogP contribution in [0.5, 0.6) is 5.75 Å². The zero-order chi connectivity index (χ0) is 38.5. The molecule has 5 unspecified atom stereocenters. The Morgan fingerprint density at radius 1 is 1.00 bits per heavy atom. The van der Waals surface area contributed by atoms with E-state index in [9.17, 15) is 4.79 Å². The van der Waals surface area contributed by atoms with Gasteiger partial charge in [0.2, 0.25) is 5.95 Å². The molecular weight excluding hydrogens is 697 g/mol. The van der Waals surface area contributed by atoms with Crippen LogP contribution in [0.15, 0.2) is 71.8 Å². The second kappa shape index (κ2) is 16.8. The van der Waals surface area contributed by atoms with Crippen LogP contribution in [0.1, 0.15) is 109 Å². The van der Waals surface area contributed by atoms with E-state index in [2.05, 4.69) is 56.8 Å². The third-order valence-corrected chi connectivity index (χ3v) is 10.8. The molecule has 294 valence electrons. The molecule has 1 aromatic carbocycles. The van der Waals surface area contributed by atoms with Crippen LogP contribution >= 0.6 is 0 Å². The molecule has 1 aliphatic carbocycles. The summed E-state index contributed by atoms with van der Waals surface area (Å²) in [5, 5.41) is 19.6. The molecule has 3 aliphatic rings. The molecular formula is C41H56N10O4. The number of amidine groups is 1. The molecule has 0 bridgehead atoms. The van der Waals surface area contributed by atoms with Crippen molar-refractivity contribution in [2.75, 3.05) is 18.1 Å². The Labute approximate surface area is 323 Å². The van der Waals surface area contributed by atoms with Gasteiger partial charge in [-0.05, 0) is 88.5 Å². The van der Waals surface area contributed by atoms with E-state index < -0.39 is 0 Å². The minimum absolute atomic E-state index is 0.155. The van der Waals surface area contributed by atoms with Crippen LogP contribution < -0.4 is 26.0 Å². The Morgan fingerprint density at radius 2 is 1.80 bits per heavy atom. The van der Waals surface area contributed by atoms with Gasteiger partial charge in [0.15, 0.2) is 11.9 Å². The van der Waals surface area contributed by atoms with Crippen molar-refractivity contribution >= 4 is 29.1 Å². The second-order valence-corrected chi connectivity index (χ2v) is 16.1. The summed E-state index contributed by atoms with van der Waals surface area (Å²) in [7, 11) is 0. The van der Waals surface area contributed by atoms with Gasteiger partial charge >= 0.3 is 6.03 Å². The Hall–Kier alpha value is -4.95. The van der Waals surface area contributed by atoms with E-state index in [-0.39, 0.29) is 29.9 Å². The van der Waals surface area contributed by atoms with Crippen LogP contribution in [0, 0.1) is 5.41 Å². The average molecular weight is 753 g/mol. The molecule has 2 aliphatic heterocycles. The molecule has 0 saturated carbocycles. The van der Waals surface area contributed by atoms with Gasteiger partial charge in [-0.25, -0.2) is 9.79 Å². The van der Waals surface area contributed by atoms with Crippen LogP contribution in [0.2, 0.25) is 0 Å². The van der Waals surface area contributed by atoms with Crippen molar-refractivity contribution < 1.29 is 19.0 Å². The third-order valence-electron chi connectivity index (χ3n) is 10.8. The van der Waals surface area contributed by atoms with Crippen LogP contribution in [0.4, 0.5) is 16.4 Å². The first-order valence-corrected chi connectivity index (χ1v) is 19.8. The number of fused-ring (bicyclic) bond motifs is 2. The fourth-order valence-electron chi connectivity index (χ4n) is 7.67. The predicted octanol–water partition coefficient (Wildman–Crippen LogP) is 7.11. The van der Waals surface area contributed by atoms with E-state index in [1.807, 2.05) is 61.8 Å². The molecule has 4 aromatic rings. The number of carbonyl (C=O) groups excluding carboxylic acids is 1. The lowest BCUT2D eigenvalue weighted by Gasteiger charge is -2.39. The molecule has 55 heavy (non-hydrogen) atoms. The molecule has 4 N–H and O–H groups in total. The first kappa shape index (κ1) is 38.3. The highest BCUT2D eigenvalue weighted by molar-refractivity contribution is 6.05. The van der Waals surface area contributed by atoms with Gasteiger partial charge in [0.25, 0.3) is 0 Å². The summed E-state index contributed by atoms with van der Waals surface area (Å²) in [5.41, 5.74) is 10.1. The van der Waals surface area contributed by atoms with Gasteiger partial charge in [0.1, 0.15) is 23.4 Å². The average Bonchev–Trinajstić information content (AvgIpc) is 3.79. The number of nitrogens with two attached hydrogens (primary N) is 1. The number of nitrogens with zero attached hydrogens (tertiary/aromatic N) is 7. The zero-order valence-corrected chi connectivity index (χ0v) is 32.8. The molecule has 2 saturated heterocycles. The third kappa shape index (κ3) is 9.30. The van der Waals surface area contributed by atoms with Crippen molar-refractivity contribution in [3.05, 3.63) is 77.9 Å². The summed E-state index contributed by atoms with van der Waals surface area (Å²) >= 11 is 0. The number of aromatic nitrogens is 5. The summed E-state index contributed by atoms with van der Waals surface area (Å²) in [6, 6.07) is 12.2. The highest BCUT2D eigenvalue weighted by atomic mass is 16.7. The summed E-state index contributed by atoms with van der Waals surface area (Å²) in [6.07, 6.45) is 14.8. The molecule has 14 heteroatoms. The summed E-state index contributed by atoms with van der Waals surface area (Å²) in [5.74, 6) is 1.91. The van der Waals surface area contributed by atoms with E-state index >= 15 is 0 Å². The maximum atomic E-state index is 13.7. The normalized spacial score (nSPS) is 23.7. The van der Waals surface area contributed by atoms with Crippen LogP contribution in [0.3, 0.4) is 0 Å². The molecule has 0 radical (unpaired) electrons. The summed E-state index contributed by atoms with van der Waals surface area (Å²) in [4.78, 5) is 20.8. The molecule has 2 fully saturated rings. The van der Waals surface area contributed by atoms with Gasteiger partial charge in [-0.1, -0.05) is 45.0 Å². The second-order valence-electron chi connectivity index (χ2n) is 16.1. The lowest BCUT2D eigenvalue weighted by molar-refractivity contribution is -0.163. The van der Waals surface area contributed by atoms with Gasteiger partial charge in [-0.3, -0.25) is 14.4 Å². The minimum atomic E-state index is -0.379. The number of urea groups is 1. The van der Waals surface area contributed by atoms with Crippen molar-refractivity contribution in [1.29, 1.82) is 0 Å². The number of ether oxygens (including phenoxy) is 3. The molecule has 3 aromatic heterocycles. The van der Waals surface area contributed by atoms with E-state index in [4.69, 9.17) is 24.9 Å². The molecule has 2 amide bonds. The summed E-state index contributed by atoms with van der Waals surface area (Å²) in [6.45, 7) is 12.3. The summed E-state index contributed by atoms with van der Waals surface area (Å²) < 4.78 is 22.0. The molecule has 0 spiro atoms. The maximum absolute atomic E-state index is 13.7. The van der Waals surface area contributed by atoms with E-state index in [1.54, 1.807) is 17.0 Å². The van der Waals surface area contributed by atoms with Gasteiger partial charge in [-0.15, -0.1) is 10.2 Å². The van der Waals surface area contributed by atoms with Crippen LogP contribution in [0.25, 0.3) is 5.65 Å². The number of benzene rings is 1. The lowest BCUT2D eigenvalue weighted by atomic mass is 9.85. The Kier molecular flexibility index (Phi) is 11.7. The monoisotopic (exact) mass is 752 g/mol. The van der Waals surface area contributed by atoms with Crippen LogP contribution in [-0.4, -0.2) is 67.8 Å². The minimum Gasteiger partial charge on any atom is -0.484 e. The number of pyridine rings is 1. The van der Waals surface area contributed by atoms with Crippen LogP contribution in [-0.2, 0) is 16.0 Å². The van der Waals surface area contributed by atoms with Crippen molar-refractivity contribution in [3.8, 4) is 5.75 Å². The number of amides is 2. The Bertz CT molecular complexity index is 1980. The van der Waals surface area contributed by atoms with Gasteiger partial charge in [-0.2, -0.15) is 5.10 Å². The maximum Gasteiger partial charge on any atom is 0.320 e. The molecule has 14 nitrogen and oxygen atoms in total. The standard InChI is InChI=1S/C41H56N10O4/c1-27-11-10-12-28(2)51(27)40-48-47-37-19-16-30(26-50(37)40)55-34-18-17-33(31-13-6-7-14-32(31)34)45-39(52)46-36(23-35(42)41(3,4)5)44-29-24-43-49(25-29)20-22-54-38-15-8-9-21-53-38/h6-7,13-14,16,19,23-28,33-34,38H,8-12,15,17-18,20-22,42H2,1-5H3,(H2,44,45,46,52). The fourth-order valence-corrected chi connectivity index (χ4v) is 7.67. The molecule has 7 rings (SSSR count). The number of rotatable bonds is 10. The number of nitrogens with one attached hydrogen (secondary N) is 2. The Balaban J connectivity index is 1.03. The highest BCUT2D eigenvalue weighted by Gasteiger charge is 2.31. The van der Waals surface area contributed by atoms with E-state index in [0.717, 1.165) is 67.2 Å². The Morgan fingerprint density at radius 3 is 2.56 bits per heavy atom. The number of anilines is 1. The van der Waals surface area contributed by atoms with Crippen molar-refractivity contribution in [3.63, 3.8) is 0 Å². The van der Waals surface area contributed by atoms with Crippen molar-refractivity contribution in [2.24, 2.45) is 16.1 Å². The first-order chi connectivity index (χ1) is 26.5. The van der Waals surface area contributed by atoms with Gasteiger partial charge in [0.05, 0.1) is 37.8 Å². The van der Waals surface area contributed by atoms with Crippen molar-refractivity contribution in [1.82, 2.24) is 35.0 Å². The fraction of sp³-hybridized carbons (Fsp3) is 0.537. The van der Waals surface area contributed by atoms with E-state index in [0.29, 0.717) is 55.3 Å². The largest absolute Gasteiger partial charge is 0.484 e. The molecule has 5 heterocycles. The smallest absolute Gasteiger partial charge is 0.320 e.